The number of hydrogen-bond acceptors (Lipinski definition) is 0. The molecule has 46 valence electrons. The number of rotatable bonds is 0. The summed E-state index contributed by atoms with van der Waals surface area (Å²) in [6, 6.07) is 0. The smallest absolute Gasteiger partial charge is 0.121 e. The van der Waals surface area contributed by atoms with E-state index in [-0.39, 0.29) is 5.89 Å². The standard InChI is InChI=1S/C8H7F/c9-8-5-2-1-3(5)7(8)4(1)6(2)8/h1-7H/i1D. The normalized spacial score (nSPS) is 115. The van der Waals surface area contributed by atoms with Crippen LogP contribution in [0.15, 0.2) is 0 Å². The molecule has 0 aromatic carbocycles. The summed E-state index contributed by atoms with van der Waals surface area (Å²) in [5, 5.41) is 0. The Kier molecular flexibility index (Phi) is 0.169. The molecule has 9 heavy (non-hydrogen) atoms. The largest absolute Gasteiger partial charge is 0.243 e. The lowest BCUT2D eigenvalue weighted by atomic mass is 9.00. The molecule has 6 aliphatic carbocycles. The molecule has 0 aromatic heterocycles. The quantitative estimate of drug-likeness (QED) is 0.452. The highest BCUT2D eigenvalue weighted by molar-refractivity contribution is 5.51. The second-order valence-electron chi connectivity index (χ2n) is 4.48. The molecule has 0 aromatic rings. The molecule has 0 spiro atoms. The van der Waals surface area contributed by atoms with Crippen molar-refractivity contribution in [1.82, 2.24) is 0 Å². The third-order valence-electron chi connectivity index (χ3n) is 5.01. The van der Waals surface area contributed by atoms with Crippen LogP contribution in [0, 0.1) is 41.4 Å². The van der Waals surface area contributed by atoms with Gasteiger partial charge in [-0.25, -0.2) is 4.39 Å². The predicted molar refractivity (Wildman–Crippen MR) is 28.3 cm³/mol. The Morgan fingerprint density at radius 3 is 1.89 bits per heavy atom. The molecule has 0 N–H and O–H groups in total. The van der Waals surface area contributed by atoms with E-state index < -0.39 is 5.67 Å². The van der Waals surface area contributed by atoms with Crippen molar-refractivity contribution in [3.8, 4) is 0 Å². The SMILES string of the molecule is [2H]C12C3C4C1C1C2C3C41F. The first-order valence-electron chi connectivity index (χ1n) is 4.42. The average molecular weight is 123 g/mol. The molecule has 0 nitrogen and oxygen atoms in total. The van der Waals surface area contributed by atoms with Gasteiger partial charge in [0.25, 0.3) is 0 Å². The molecule has 0 bridgehead atoms. The maximum absolute atomic E-state index is 13.5. The van der Waals surface area contributed by atoms with Crippen LogP contribution in [0.1, 0.15) is 1.37 Å². The minimum absolute atomic E-state index is 0.0478. The molecule has 1 heteroatoms. The Labute approximate surface area is 53.8 Å². The fourth-order valence-electron chi connectivity index (χ4n) is 4.86. The van der Waals surface area contributed by atoms with E-state index in [4.69, 9.17) is 1.37 Å². The van der Waals surface area contributed by atoms with Crippen molar-refractivity contribution in [2.45, 2.75) is 5.67 Å². The predicted octanol–water partition coefficient (Wildman–Crippen LogP) is 1.08. The maximum Gasteiger partial charge on any atom is 0.121 e. The van der Waals surface area contributed by atoms with E-state index in [1.165, 1.54) is 0 Å². The monoisotopic (exact) mass is 123 g/mol. The average Bonchev–Trinajstić information content (AvgIpc) is 1.99. The van der Waals surface area contributed by atoms with E-state index in [1.807, 2.05) is 0 Å². The van der Waals surface area contributed by atoms with Gasteiger partial charge in [0.1, 0.15) is 5.67 Å². The lowest BCUT2D eigenvalue weighted by Gasteiger charge is -3.04. The van der Waals surface area contributed by atoms with Crippen LogP contribution in [-0.4, -0.2) is 5.67 Å². The first kappa shape index (κ1) is 2.89. The van der Waals surface area contributed by atoms with Gasteiger partial charge in [-0.2, -0.15) is 0 Å². The van der Waals surface area contributed by atoms with Crippen LogP contribution in [0.2, 0.25) is 0 Å². The van der Waals surface area contributed by atoms with Crippen LogP contribution < -0.4 is 0 Å². The first-order valence-corrected chi connectivity index (χ1v) is 3.92. The lowest BCUT2D eigenvalue weighted by Crippen LogP contribution is -3.07. The fraction of sp³-hybridized carbons (Fsp3) is 1.00. The van der Waals surface area contributed by atoms with Crippen LogP contribution in [0.4, 0.5) is 4.39 Å². The minimum Gasteiger partial charge on any atom is -0.243 e. The van der Waals surface area contributed by atoms with Gasteiger partial charge in [0.15, 0.2) is 0 Å². The van der Waals surface area contributed by atoms with Gasteiger partial charge in [-0.05, 0) is 23.6 Å². The van der Waals surface area contributed by atoms with Crippen molar-refractivity contribution >= 4 is 0 Å². The molecular formula is C8H7F. The number of hydrogen-bond donors (Lipinski definition) is 0. The van der Waals surface area contributed by atoms with E-state index in [0.717, 1.165) is 0 Å². The second kappa shape index (κ2) is 0.525. The van der Waals surface area contributed by atoms with E-state index >= 15 is 0 Å². The van der Waals surface area contributed by atoms with Crippen molar-refractivity contribution in [3.05, 3.63) is 0 Å². The third kappa shape index (κ3) is 0.0959. The van der Waals surface area contributed by atoms with E-state index in [0.29, 0.717) is 35.5 Å². The molecule has 0 atom stereocenters. The summed E-state index contributed by atoms with van der Waals surface area (Å²) >= 11 is 0. The van der Waals surface area contributed by atoms with Crippen molar-refractivity contribution in [2.75, 3.05) is 0 Å². The van der Waals surface area contributed by atoms with Crippen molar-refractivity contribution in [2.24, 2.45) is 41.4 Å². The molecule has 0 radical (unpaired) electrons. The maximum atomic E-state index is 13.5. The Morgan fingerprint density at radius 1 is 1.11 bits per heavy atom. The molecule has 0 amide bonds. The molecule has 0 saturated heterocycles. The second-order valence-corrected chi connectivity index (χ2v) is 4.48. The molecular weight excluding hydrogens is 115 g/mol. The molecule has 0 heterocycles. The highest BCUT2D eigenvalue weighted by Gasteiger charge is 3.05. The minimum atomic E-state index is -0.678. The van der Waals surface area contributed by atoms with Crippen LogP contribution in [0.25, 0.3) is 0 Å². The summed E-state index contributed by atoms with van der Waals surface area (Å²) in [7, 11) is 0. The summed E-state index contributed by atoms with van der Waals surface area (Å²) in [6.45, 7) is 0. The zero-order valence-corrected chi connectivity index (χ0v) is 4.84. The van der Waals surface area contributed by atoms with E-state index in [9.17, 15) is 4.39 Å². The number of alkyl halides is 1. The summed E-state index contributed by atoms with van der Waals surface area (Å²) in [5.74, 6) is 2.75. The summed E-state index contributed by atoms with van der Waals surface area (Å²) in [5.41, 5.74) is -0.678. The highest BCUT2D eigenvalue weighted by atomic mass is 19.1. The van der Waals surface area contributed by atoms with Gasteiger partial charge in [-0.15, -0.1) is 0 Å². The Morgan fingerprint density at radius 2 is 1.56 bits per heavy atom. The van der Waals surface area contributed by atoms with Gasteiger partial charge < -0.3 is 0 Å². The third-order valence-corrected chi connectivity index (χ3v) is 5.01. The van der Waals surface area contributed by atoms with Gasteiger partial charge in [-0.3, -0.25) is 0 Å². The molecule has 6 saturated carbocycles. The lowest BCUT2D eigenvalue weighted by molar-refractivity contribution is -0.604. The fourth-order valence-corrected chi connectivity index (χ4v) is 4.86. The topological polar surface area (TPSA) is 0 Å². The zero-order valence-electron chi connectivity index (χ0n) is 5.84. The summed E-state index contributed by atoms with van der Waals surface area (Å²) in [6.07, 6.45) is 0. The van der Waals surface area contributed by atoms with E-state index in [1.54, 1.807) is 0 Å². The molecule has 6 aliphatic rings. The van der Waals surface area contributed by atoms with Crippen LogP contribution in [0.5, 0.6) is 0 Å². The van der Waals surface area contributed by atoms with Crippen molar-refractivity contribution in [1.29, 1.82) is 0 Å². The Hall–Kier alpha value is -0.0700. The van der Waals surface area contributed by atoms with Crippen molar-refractivity contribution in [3.63, 3.8) is 0 Å². The molecule has 6 fully saturated rings. The van der Waals surface area contributed by atoms with Gasteiger partial charge in [-0.1, -0.05) is 0 Å². The Bertz CT molecular complexity index is 214. The van der Waals surface area contributed by atoms with Gasteiger partial charge in [0, 0.05) is 19.1 Å². The van der Waals surface area contributed by atoms with Crippen LogP contribution in [0.3, 0.4) is 0 Å². The first-order chi connectivity index (χ1) is 4.73. The summed E-state index contributed by atoms with van der Waals surface area (Å²) in [4.78, 5) is 0. The Balaban J connectivity index is 1.87. The number of halogens is 1. The summed E-state index contributed by atoms with van der Waals surface area (Å²) < 4.78 is 21.4. The molecule has 0 aliphatic heterocycles. The molecule has 0 unspecified atom stereocenters. The van der Waals surface area contributed by atoms with Crippen LogP contribution >= 0.6 is 0 Å². The van der Waals surface area contributed by atoms with Gasteiger partial charge in [0.2, 0.25) is 0 Å². The van der Waals surface area contributed by atoms with Gasteiger partial charge in [0.05, 0.1) is 0 Å². The van der Waals surface area contributed by atoms with E-state index in [2.05, 4.69) is 0 Å². The van der Waals surface area contributed by atoms with Gasteiger partial charge >= 0.3 is 0 Å². The molecule has 6 rings (SSSR count). The highest BCUT2D eigenvalue weighted by Crippen LogP contribution is 3.03. The van der Waals surface area contributed by atoms with Crippen LogP contribution in [-0.2, 0) is 0 Å². The van der Waals surface area contributed by atoms with Crippen molar-refractivity contribution < 1.29 is 5.76 Å². The zero-order chi connectivity index (χ0) is 6.46.